The summed E-state index contributed by atoms with van der Waals surface area (Å²) in [6.07, 6.45) is 5.72. The van der Waals surface area contributed by atoms with Gasteiger partial charge in [0.15, 0.2) is 0 Å². The van der Waals surface area contributed by atoms with Crippen LogP contribution in [0.25, 0.3) is 11.0 Å². The fourth-order valence-corrected chi connectivity index (χ4v) is 4.16. The van der Waals surface area contributed by atoms with E-state index in [2.05, 4.69) is 32.8 Å². The summed E-state index contributed by atoms with van der Waals surface area (Å²) < 4.78 is 2.08. The fourth-order valence-electron chi connectivity index (χ4n) is 3.68. The van der Waals surface area contributed by atoms with Crippen LogP contribution in [0.15, 0.2) is 48.8 Å². The van der Waals surface area contributed by atoms with Gasteiger partial charge in [-0.2, -0.15) is 11.8 Å². The van der Waals surface area contributed by atoms with Gasteiger partial charge >= 0.3 is 0 Å². The smallest absolute Gasteiger partial charge is 0.242 e. The molecule has 0 spiro atoms. The third kappa shape index (κ3) is 4.20. The maximum absolute atomic E-state index is 13.0. The Morgan fingerprint density at radius 1 is 1.07 bits per heavy atom. The van der Waals surface area contributed by atoms with Gasteiger partial charge in [0.05, 0.1) is 16.8 Å². The minimum Gasteiger partial charge on any atom is -0.339 e. The van der Waals surface area contributed by atoms with E-state index in [1.807, 2.05) is 41.6 Å². The minimum atomic E-state index is 0.175. The molecule has 3 aromatic rings. The van der Waals surface area contributed by atoms with E-state index in [0.717, 1.165) is 55.3 Å². The molecule has 4 rings (SSSR count). The third-order valence-corrected chi connectivity index (χ3v) is 5.73. The Balaban J connectivity index is 1.40. The number of carbonyl (C=O) groups is 1. The zero-order valence-electron chi connectivity index (χ0n) is 16.1. The number of piperazine rings is 1. The molecule has 0 saturated carbocycles. The number of fused-ring (bicyclic) bond motifs is 1. The van der Waals surface area contributed by atoms with E-state index in [0.29, 0.717) is 6.54 Å². The fraction of sp³-hybridized carbons (Fsp3) is 0.381. The highest BCUT2D eigenvalue weighted by Crippen LogP contribution is 2.19. The molecule has 7 heteroatoms. The van der Waals surface area contributed by atoms with Gasteiger partial charge in [0.2, 0.25) is 5.91 Å². The van der Waals surface area contributed by atoms with Gasteiger partial charge < -0.3 is 9.47 Å². The lowest BCUT2D eigenvalue weighted by atomic mass is 10.2. The summed E-state index contributed by atoms with van der Waals surface area (Å²) >= 11 is 1.73. The molecule has 0 aliphatic carbocycles. The summed E-state index contributed by atoms with van der Waals surface area (Å²) in [4.78, 5) is 26.1. The first-order valence-corrected chi connectivity index (χ1v) is 11.0. The second kappa shape index (κ2) is 8.75. The Morgan fingerprint density at radius 3 is 2.57 bits per heavy atom. The lowest BCUT2D eigenvalue weighted by Crippen LogP contribution is -2.49. The number of aromatic nitrogens is 3. The molecule has 0 unspecified atom stereocenters. The average molecular weight is 396 g/mol. The van der Waals surface area contributed by atoms with E-state index in [1.165, 1.54) is 5.56 Å². The van der Waals surface area contributed by atoms with Crippen LogP contribution in [0.4, 0.5) is 0 Å². The number of imidazole rings is 1. The molecular weight excluding hydrogens is 370 g/mol. The number of nitrogens with zero attached hydrogens (tertiary/aromatic N) is 5. The molecule has 6 nitrogen and oxygen atoms in total. The number of amides is 1. The van der Waals surface area contributed by atoms with Crippen molar-refractivity contribution >= 4 is 28.7 Å². The quantitative estimate of drug-likeness (QED) is 0.642. The largest absolute Gasteiger partial charge is 0.339 e. The molecule has 1 aliphatic rings. The van der Waals surface area contributed by atoms with Crippen molar-refractivity contribution < 1.29 is 4.79 Å². The number of thioether (sulfide) groups is 1. The molecule has 0 N–H and O–H groups in total. The molecule has 28 heavy (non-hydrogen) atoms. The van der Waals surface area contributed by atoms with Crippen LogP contribution >= 0.6 is 11.8 Å². The van der Waals surface area contributed by atoms with Crippen LogP contribution in [0.5, 0.6) is 0 Å². The number of pyridine rings is 1. The van der Waals surface area contributed by atoms with E-state index < -0.39 is 0 Å². The lowest BCUT2D eigenvalue weighted by Gasteiger charge is -2.35. The minimum absolute atomic E-state index is 0.175. The van der Waals surface area contributed by atoms with Crippen LogP contribution < -0.4 is 0 Å². The Bertz CT molecular complexity index is 934. The first-order chi connectivity index (χ1) is 13.7. The van der Waals surface area contributed by atoms with Crippen LogP contribution in [0.1, 0.15) is 11.4 Å². The highest BCUT2D eigenvalue weighted by atomic mass is 32.2. The van der Waals surface area contributed by atoms with Gasteiger partial charge in [-0.25, -0.2) is 4.98 Å². The molecule has 0 bridgehead atoms. The molecule has 1 aliphatic heterocycles. The SMILES string of the molecule is CSCc1nc2ccccc2n1CC(=O)N1CCN(Cc2ccncc2)CC1. The van der Waals surface area contributed by atoms with Gasteiger partial charge in [0, 0.05) is 45.1 Å². The second-order valence-corrected chi connectivity index (χ2v) is 7.91. The highest BCUT2D eigenvalue weighted by molar-refractivity contribution is 7.97. The topological polar surface area (TPSA) is 54.3 Å². The second-order valence-electron chi connectivity index (χ2n) is 7.05. The number of benzene rings is 1. The molecule has 2 aromatic heterocycles. The van der Waals surface area contributed by atoms with Crippen molar-refractivity contribution in [1.29, 1.82) is 0 Å². The molecule has 1 aromatic carbocycles. The van der Waals surface area contributed by atoms with Crippen LogP contribution in [0.2, 0.25) is 0 Å². The predicted octanol–water partition coefficient (Wildman–Crippen LogP) is 2.64. The van der Waals surface area contributed by atoms with Crippen LogP contribution in [-0.2, 0) is 23.6 Å². The number of para-hydroxylation sites is 2. The molecule has 1 fully saturated rings. The van der Waals surface area contributed by atoms with Gasteiger partial charge in [-0.3, -0.25) is 14.7 Å². The lowest BCUT2D eigenvalue weighted by molar-refractivity contribution is -0.133. The summed E-state index contributed by atoms with van der Waals surface area (Å²) in [5, 5.41) is 0. The molecule has 0 atom stereocenters. The van der Waals surface area contributed by atoms with E-state index in [4.69, 9.17) is 4.98 Å². The Hall–Kier alpha value is -2.38. The zero-order chi connectivity index (χ0) is 19.3. The average Bonchev–Trinajstić information content (AvgIpc) is 3.07. The van der Waals surface area contributed by atoms with Crippen molar-refractivity contribution in [3.63, 3.8) is 0 Å². The van der Waals surface area contributed by atoms with Crippen LogP contribution in [0.3, 0.4) is 0 Å². The Kier molecular flexibility index (Phi) is 5.92. The summed E-state index contributed by atoms with van der Waals surface area (Å²) in [5.41, 5.74) is 3.26. The van der Waals surface area contributed by atoms with Crippen molar-refractivity contribution in [2.24, 2.45) is 0 Å². The van der Waals surface area contributed by atoms with Crippen molar-refractivity contribution in [1.82, 2.24) is 24.3 Å². The highest BCUT2D eigenvalue weighted by Gasteiger charge is 2.22. The first kappa shape index (κ1) is 19.0. The maximum atomic E-state index is 13.0. The van der Waals surface area contributed by atoms with E-state index in [1.54, 1.807) is 11.8 Å². The molecule has 0 radical (unpaired) electrons. The number of carbonyl (C=O) groups excluding carboxylic acids is 1. The van der Waals surface area contributed by atoms with E-state index in [9.17, 15) is 4.79 Å². The monoisotopic (exact) mass is 395 g/mol. The van der Waals surface area contributed by atoms with Gasteiger partial charge in [-0.15, -0.1) is 0 Å². The molecular formula is C21H25N5OS. The molecule has 3 heterocycles. The van der Waals surface area contributed by atoms with Gasteiger partial charge in [0.25, 0.3) is 0 Å². The maximum Gasteiger partial charge on any atom is 0.242 e. The van der Waals surface area contributed by atoms with Gasteiger partial charge in [0.1, 0.15) is 12.4 Å². The van der Waals surface area contributed by atoms with Crippen molar-refractivity contribution in [2.75, 3.05) is 32.4 Å². The Morgan fingerprint density at radius 2 is 1.82 bits per heavy atom. The van der Waals surface area contributed by atoms with Crippen molar-refractivity contribution in [2.45, 2.75) is 18.8 Å². The first-order valence-electron chi connectivity index (χ1n) is 9.56. The summed E-state index contributed by atoms with van der Waals surface area (Å²) in [7, 11) is 0. The molecule has 146 valence electrons. The summed E-state index contributed by atoms with van der Waals surface area (Å²) in [5.74, 6) is 1.95. The van der Waals surface area contributed by atoms with Crippen LogP contribution in [-0.4, -0.2) is 62.7 Å². The Labute approximate surface area is 169 Å². The summed E-state index contributed by atoms with van der Waals surface area (Å²) in [6, 6.07) is 12.2. The number of rotatable bonds is 6. The normalized spacial score (nSPS) is 15.2. The summed E-state index contributed by atoms with van der Waals surface area (Å²) in [6.45, 7) is 4.62. The zero-order valence-corrected chi connectivity index (χ0v) is 16.9. The predicted molar refractivity (Wildman–Crippen MR) is 113 cm³/mol. The van der Waals surface area contributed by atoms with Crippen molar-refractivity contribution in [3.8, 4) is 0 Å². The number of hydrogen-bond acceptors (Lipinski definition) is 5. The van der Waals surface area contributed by atoms with Gasteiger partial charge in [-0.1, -0.05) is 12.1 Å². The molecule has 1 saturated heterocycles. The van der Waals surface area contributed by atoms with Crippen LogP contribution in [0, 0.1) is 0 Å². The molecule has 1 amide bonds. The third-order valence-electron chi connectivity index (χ3n) is 5.18. The van der Waals surface area contributed by atoms with Gasteiger partial charge in [-0.05, 0) is 36.1 Å². The number of hydrogen-bond donors (Lipinski definition) is 0. The van der Waals surface area contributed by atoms with E-state index in [-0.39, 0.29) is 5.91 Å². The van der Waals surface area contributed by atoms with E-state index >= 15 is 0 Å². The standard InChI is InChI=1S/C21H25N5OS/c1-28-16-20-23-18-4-2-3-5-19(18)26(20)15-21(27)25-12-10-24(11-13-25)14-17-6-8-22-9-7-17/h2-9H,10-16H2,1H3. The van der Waals surface area contributed by atoms with Crippen molar-refractivity contribution in [3.05, 3.63) is 60.2 Å².